The molecule has 0 N–H and O–H groups in total. The Morgan fingerprint density at radius 1 is 0.312 bits per heavy atom. The van der Waals surface area contributed by atoms with Gasteiger partial charge in [-0.3, -0.25) is 4.90 Å². The number of hydrogen-bond donors (Lipinski definition) is 0. The number of rotatable bonds is 15. The van der Waals surface area contributed by atoms with Crippen LogP contribution in [0.3, 0.4) is 0 Å². The summed E-state index contributed by atoms with van der Waals surface area (Å²) in [6.45, 7) is 3.36. The number of benzene rings is 6. The fraction of sp³-hybridized carbons (Fsp3) is 0.143. The van der Waals surface area contributed by atoms with Gasteiger partial charge in [-0.15, -0.1) is 0 Å². The predicted molar refractivity (Wildman–Crippen MR) is 226 cm³/mol. The molecule has 0 aromatic heterocycles. The molecule has 248 valence electrons. The van der Waals surface area contributed by atoms with Crippen LogP contribution in [0.4, 0.5) is 0 Å². The van der Waals surface area contributed by atoms with Gasteiger partial charge in [0, 0.05) is 19.6 Å². The number of nitrogens with zero attached hydrogens (tertiary/aromatic N) is 1. The van der Waals surface area contributed by atoms with Gasteiger partial charge in [0.25, 0.3) is 0 Å². The van der Waals surface area contributed by atoms with Crippen LogP contribution < -0.4 is 31.8 Å². The molecular weight excluding hydrogens is 935 g/mol. The van der Waals surface area contributed by atoms with Crippen LogP contribution in [-0.4, -0.2) is 43.0 Å². The van der Waals surface area contributed by atoms with Gasteiger partial charge in [0.15, 0.2) is 0 Å². The Labute approximate surface area is 314 Å². The maximum atomic E-state index is 2.82. The van der Waals surface area contributed by atoms with E-state index < -0.39 is 23.8 Å². The summed E-state index contributed by atoms with van der Waals surface area (Å²) in [7, 11) is -2.71. The van der Waals surface area contributed by atoms with Crippen molar-refractivity contribution in [1.29, 1.82) is 0 Å². The molecule has 48 heavy (non-hydrogen) atoms. The minimum Gasteiger partial charge on any atom is -0.292 e. The molecule has 0 aliphatic carbocycles. The summed E-state index contributed by atoms with van der Waals surface area (Å²) >= 11 is 4.34. The third-order valence-electron chi connectivity index (χ3n) is 8.77. The molecule has 0 heterocycles. The van der Waals surface area contributed by atoms with Gasteiger partial charge in [-0.2, -0.15) is 0 Å². The van der Waals surface area contributed by atoms with E-state index in [0.717, 1.165) is 19.6 Å². The van der Waals surface area contributed by atoms with E-state index in [9.17, 15) is 0 Å². The van der Waals surface area contributed by atoms with Gasteiger partial charge < -0.3 is 0 Å². The van der Waals surface area contributed by atoms with Gasteiger partial charge in [0.2, 0.25) is 0 Å². The summed E-state index contributed by atoms with van der Waals surface area (Å²) in [4.78, 5) is 2.82. The Hall–Kier alpha value is -1.96. The first kappa shape index (κ1) is 37.3. The molecule has 0 fully saturated rings. The van der Waals surface area contributed by atoms with Crippen molar-refractivity contribution in [2.75, 3.05) is 38.1 Å². The molecule has 6 aromatic carbocycles. The molecule has 0 saturated heterocycles. The van der Waals surface area contributed by atoms with E-state index in [1.54, 1.807) is 0 Å². The van der Waals surface area contributed by atoms with E-state index in [-0.39, 0.29) is 0 Å². The topological polar surface area (TPSA) is 3.24 Å². The molecule has 6 rings (SSSR count). The second-order valence-corrected chi connectivity index (χ2v) is 19.6. The summed E-state index contributed by atoms with van der Waals surface area (Å²) in [5, 5.41) is 9.06. The van der Waals surface area contributed by atoms with Crippen molar-refractivity contribution < 1.29 is 17.3 Å². The van der Waals surface area contributed by atoms with Crippen molar-refractivity contribution >= 4 is 74.6 Å². The Balaban J connectivity index is 0.00000221. The Morgan fingerprint density at radius 3 is 0.646 bits per heavy atom. The third kappa shape index (κ3) is 11.3. The Morgan fingerprint density at radius 2 is 0.479 bits per heavy atom. The van der Waals surface area contributed by atoms with E-state index in [1.807, 2.05) is 0 Å². The van der Waals surface area contributed by atoms with E-state index in [4.69, 9.17) is 0 Å². The average molecular weight is 981 g/mol. The summed E-state index contributed by atoms with van der Waals surface area (Å²) in [5.74, 6) is 0. The first-order chi connectivity index (χ1) is 23.8. The van der Waals surface area contributed by atoms with Crippen LogP contribution in [0.25, 0.3) is 0 Å². The SMILES string of the molecule is [I][Au].c1ccc([PH+](CCN(CC[PH+](c2ccccc2)c2ccccc2)CC[PH+](c2ccccc2)c2ccccc2)c2ccccc2)cc1. The fourth-order valence-corrected chi connectivity index (χ4v) is 14.3. The smallest absolute Gasteiger partial charge is 0.0967 e. The molecule has 0 aliphatic rings. The zero-order valence-electron chi connectivity index (χ0n) is 27.2. The monoisotopic (exact) mass is 980 g/mol. The fourth-order valence-electron chi connectivity index (χ4n) is 6.35. The van der Waals surface area contributed by atoms with Gasteiger partial charge in [-0.05, 0) is 72.8 Å². The maximum Gasteiger partial charge on any atom is 0.0967 e. The normalized spacial score (nSPS) is 11.1. The molecule has 0 aliphatic heterocycles. The zero-order chi connectivity index (χ0) is 33.2. The van der Waals surface area contributed by atoms with Crippen molar-refractivity contribution in [3.8, 4) is 0 Å². The second kappa shape index (κ2) is 21.3. The molecule has 6 aromatic rings. The first-order valence-corrected chi connectivity index (χ1v) is 27.9. The van der Waals surface area contributed by atoms with Crippen LogP contribution in [0, 0.1) is 0 Å². The molecular formula is C42H45AuINP3+3. The average Bonchev–Trinajstić information content (AvgIpc) is 3.18. The van der Waals surface area contributed by atoms with Gasteiger partial charge in [0.05, 0.1) is 74.1 Å². The minimum atomic E-state index is -0.902. The van der Waals surface area contributed by atoms with Crippen molar-refractivity contribution in [3.63, 3.8) is 0 Å². The summed E-state index contributed by atoms with van der Waals surface area (Å²) in [6.07, 6.45) is 3.61. The quantitative estimate of drug-likeness (QED) is 0.0579. The van der Waals surface area contributed by atoms with Crippen LogP contribution in [0.15, 0.2) is 182 Å². The van der Waals surface area contributed by atoms with Crippen molar-refractivity contribution in [3.05, 3.63) is 182 Å². The molecule has 1 nitrogen and oxygen atoms in total. The predicted octanol–water partition coefficient (Wildman–Crippen LogP) is 7.77. The largest absolute Gasteiger partial charge is 0.292 e. The third-order valence-corrected chi connectivity index (χ3v) is 17.1. The number of hydrogen-bond acceptors (Lipinski definition) is 1. The molecule has 0 bridgehead atoms. The van der Waals surface area contributed by atoms with Crippen molar-refractivity contribution in [2.24, 2.45) is 0 Å². The van der Waals surface area contributed by atoms with Gasteiger partial charge >= 0.3 is 36.3 Å². The van der Waals surface area contributed by atoms with Crippen LogP contribution in [0.1, 0.15) is 0 Å². The van der Waals surface area contributed by atoms with E-state index in [0.29, 0.717) is 0 Å². The van der Waals surface area contributed by atoms with Crippen LogP contribution in [0.2, 0.25) is 0 Å². The van der Waals surface area contributed by atoms with Gasteiger partial charge in [-0.1, -0.05) is 109 Å². The standard InChI is InChI=1S/C42H42NP3.Au.HI/c1-7-19-37(20-8-1)44(38-21-9-2-10-22-38)34-31-43(32-35-45(39-23-11-3-12-24-39)40-25-13-4-14-26-40)33-36-46(41-27-15-5-16-28-41)42-29-17-6-18-30-42;;/h1-30H,31-36H2;;1H/q;+1;/p+2. The van der Waals surface area contributed by atoms with Crippen molar-refractivity contribution in [1.82, 2.24) is 4.90 Å². The van der Waals surface area contributed by atoms with Gasteiger partial charge in [-0.25, -0.2) is 0 Å². The minimum absolute atomic E-state index is 0.902. The maximum absolute atomic E-state index is 2.82. The van der Waals surface area contributed by atoms with Crippen LogP contribution in [-0.2, 0) is 17.3 Å². The van der Waals surface area contributed by atoms with Gasteiger partial charge in [0.1, 0.15) is 0 Å². The molecule has 0 amide bonds. The van der Waals surface area contributed by atoms with Crippen molar-refractivity contribution in [2.45, 2.75) is 0 Å². The first-order valence-electron chi connectivity index (χ1n) is 16.6. The Bertz CT molecular complexity index is 1370. The molecule has 6 heteroatoms. The molecule has 0 radical (unpaired) electrons. The summed E-state index contributed by atoms with van der Waals surface area (Å²) in [5.41, 5.74) is 0. The number of halogens is 1. The molecule has 0 spiro atoms. The summed E-state index contributed by atoms with van der Waals surface area (Å²) < 4.78 is 0. The van der Waals surface area contributed by atoms with E-state index in [1.165, 1.54) is 50.3 Å². The Kier molecular flexibility index (Phi) is 16.6. The van der Waals surface area contributed by atoms with E-state index in [2.05, 4.69) is 223 Å². The molecule has 0 saturated carbocycles. The molecule has 0 unspecified atom stereocenters. The second-order valence-electron chi connectivity index (χ2n) is 11.7. The molecule has 0 atom stereocenters. The van der Waals surface area contributed by atoms with E-state index >= 15 is 0 Å². The zero-order valence-corrected chi connectivity index (χ0v) is 34.5. The summed E-state index contributed by atoms with van der Waals surface area (Å²) in [6, 6.07) is 67.6. The van der Waals surface area contributed by atoms with Crippen LogP contribution in [0.5, 0.6) is 0 Å². The van der Waals surface area contributed by atoms with Crippen LogP contribution >= 0.6 is 42.8 Å².